The van der Waals surface area contributed by atoms with E-state index in [1.54, 1.807) is 0 Å². The van der Waals surface area contributed by atoms with Crippen molar-refractivity contribution in [3.63, 3.8) is 0 Å². The van der Waals surface area contributed by atoms with Crippen molar-refractivity contribution < 1.29 is 8.83 Å². The molecule has 0 saturated heterocycles. The molecule has 0 atom stereocenters. The average molecular weight is 756 g/mol. The predicted molar refractivity (Wildman–Crippen MR) is 244 cm³/mol. The molecule has 12 rings (SSSR count). The third kappa shape index (κ3) is 5.01. The summed E-state index contributed by atoms with van der Waals surface area (Å²) in [5.41, 5.74) is 17.1. The van der Waals surface area contributed by atoms with Crippen molar-refractivity contribution in [1.82, 2.24) is 0 Å². The Kier molecular flexibility index (Phi) is 7.36. The van der Waals surface area contributed by atoms with Crippen molar-refractivity contribution in [2.24, 2.45) is 0 Å². The number of benzene rings is 9. The van der Waals surface area contributed by atoms with E-state index in [4.69, 9.17) is 8.83 Å². The van der Waals surface area contributed by atoms with E-state index in [1.807, 2.05) is 12.1 Å². The van der Waals surface area contributed by atoms with Crippen LogP contribution in [0.4, 0.5) is 17.1 Å². The van der Waals surface area contributed by atoms with E-state index in [0.717, 1.165) is 77.6 Å². The normalized spacial score (nSPS) is 13.0. The van der Waals surface area contributed by atoms with Gasteiger partial charge in [0.05, 0.1) is 11.1 Å². The van der Waals surface area contributed by atoms with Gasteiger partial charge in [0.15, 0.2) is 0 Å². The standard InChI is InChI=1S/C56H37NO2/c1-56(47-22-9-5-16-42(47)43-17-6-10-23-48(43)56)49-34-35-50(53-46-19-8-12-25-52(46)59-55(49)53)57(39-30-26-37(27-31-39)36-14-3-2-4-15-36)40-32-28-38(29-33-40)41-20-13-21-45-44-18-7-11-24-51(44)58-54(41)45/h2-35H,1H3. The van der Waals surface area contributed by atoms with Gasteiger partial charge in [-0.15, -0.1) is 0 Å². The second-order valence-corrected chi connectivity index (χ2v) is 15.7. The Morgan fingerprint density at radius 1 is 0.356 bits per heavy atom. The smallest absolute Gasteiger partial charge is 0.143 e. The van der Waals surface area contributed by atoms with Crippen LogP contribution in [0, 0.1) is 0 Å². The van der Waals surface area contributed by atoms with Gasteiger partial charge in [-0.2, -0.15) is 0 Å². The van der Waals surface area contributed by atoms with Crippen LogP contribution < -0.4 is 4.90 Å². The Balaban J connectivity index is 1.07. The first-order chi connectivity index (χ1) is 29.1. The number of hydrogen-bond acceptors (Lipinski definition) is 3. The van der Waals surface area contributed by atoms with Gasteiger partial charge in [0.25, 0.3) is 0 Å². The van der Waals surface area contributed by atoms with Gasteiger partial charge in [-0.05, 0) is 88.3 Å². The summed E-state index contributed by atoms with van der Waals surface area (Å²) >= 11 is 0. The zero-order valence-electron chi connectivity index (χ0n) is 32.4. The lowest BCUT2D eigenvalue weighted by Crippen LogP contribution is -2.23. The fourth-order valence-corrected chi connectivity index (χ4v) is 9.76. The van der Waals surface area contributed by atoms with Gasteiger partial charge >= 0.3 is 0 Å². The van der Waals surface area contributed by atoms with Crippen molar-refractivity contribution in [2.75, 3.05) is 4.90 Å². The number of anilines is 3. The van der Waals surface area contributed by atoms with Crippen LogP contribution in [0.2, 0.25) is 0 Å². The van der Waals surface area contributed by atoms with E-state index in [-0.39, 0.29) is 0 Å². The molecule has 0 spiro atoms. The van der Waals surface area contributed by atoms with Crippen LogP contribution in [0.1, 0.15) is 23.6 Å². The molecule has 0 unspecified atom stereocenters. The summed E-state index contributed by atoms with van der Waals surface area (Å²) in [7, 11) is 0. The molecule has 2 aromatic heterocycles. The molecular weight excluding hydrogens is 719 g/mol. The lowest BCUT2D eigenvalue weighted by Gasteiger charge is -2.31. The Morgan fingerprint density at radius 3 is 1.56 bits per heavy atom. The maximum Gasteiger partial charge on any atom is 0.143 e. The van der Waals surface area contributed by atoms with Crippen LogP contribution in [-0.2, 0) is 5.41 Å². The van der Waals surface area contributed by atoms with E-state index in [0.29, 0.717) is 0 Å². The molecule has 3 heteroatoms. The third-order valence-electron chi connectivity index (χ3n) is 12.6. The number of hydrogen-bond donors (Lipinski definition) is 0. The second-order valence-electron chi connectivity index (χ2n) is 15.7. The number of fused-ring (bicyclic) bond motifs is 9. The summed E-state index contributed by atoms with van der Waals surface area (Å²) in [5.74, 6) is 0. The highest BCUT2D eigenvalue weighted by Crippen LogP contribution is 2.55. The molecule has 1 aliphatic rings. The van der Waals surface area contributed by atoms with Gasteiger partial charge in [-0.1, -0.05) is 164 Å². The largest absolute Gasteiger partial charge is 0.456 e. The van der Waals surface area contributed by atoms with Crippen LogP contribution in [-0.4, -0.2) is 0 Å². The summed E-state index contributed by atoms with van der Waals surface area (Å²) in [4.78, 5) is 2.38. The minimum Gasteiger partial charge on any atom is -0.456 e. The van der Waals surface area contributed by atoms with E-state index in [9.17, 15) is 0 Å². The second kappa shape index (κ2) is 13.0. The van der Waals surface area contributed by atoms with Crippen molar-refractivity contribution in [1.29, 1.82) is 0 Å². The van der Waals surface area contributed by atoms with Crippen LogP contribution in [0.25, 0.3) is 77.3 Å². The molecular formula is C56H37NO2. The predicted octanol–water partition coefficient (Wildman–Crippen LogP) is 15.6. The lowest BCUT2D eigenvalue weighted by atomic mass is 9.73. The molecule has 11 aromatic rings. The van der Waals surface area contributed by atoms with Crippen molar-refractivity contribution >= 4 is 60.9 Å². The SMILES string of the molecule is CC1(c2ccc(N(c3ccc(-c4ccccc4)cc3)c3ccc(-c4cccc5c4oc4ccccc45)cc3)c3c2oc2ccccc23)c2ccccc2-c2ccccc21. The van der Waals surface area contributed by atoms with Crippen molar-refractivity contribution in [2.45, 2.75) is 12.3 Å². The Bertz CT molecular complexity index is 3340. The maximum atomic E-state index is 7.04. The first kappa shape index (κ1) is 33.5. The molecule has 59 heavy (non-hydrogen) atoms. The van der Waals surface area contributed by atoms with Gasteiger partial charge in [0.1, 0.15) is 22.3 Å². The Morgan fingerprint density at radius 2 is 0.864 bits per heavy atom. The van der Waals surface area contributed by atoms with E-state index in [2.05, 4.69) is 206 Å². The van der Waals surface area contributed by atoms with Crippen LogP contribution >= 0.6 is 0 Å². The molecule has 3 nitrogen and oxygen atoms in total. The van der Waals surface area contributed by atoms with Gasteiger partial charge in [0, 0.05) is 44.1 Å². The molecule has 0 radical (unpaired) electrons. The molecule has 9 aromatic carbocycles. The van der Waals surface area contributed by atoms with E-state index in [1.165, 1.54) is 33.4 Å². The molecule has 0 bridgehead atoms. The Hall–Kier alpha value is -7.62. The molecule has 0 amide bonds. The number of rotatable bonds is 6. The first-order valence-corrected chi connectivity index (χ1v) is 20.3. The van der Waals surface area contributed by atoms with E-state index < -0.39 is 5.41 Å². The van der Waals surface area contributed by atoms with Crippen LogP contribution in [0.15, 0.2) is 215 Å². The topological polar surface area (TPSA) is 29.5 Å². The van der Waals surface area contributed by atoms with Gasteiger partial charge in [-0.25, -0.2) is 0 Å². The number of nitrogens with zero attached hydrogens (tertiary/aromatic N) is 1. The summed E-state index contributed by atoms with van der Waals surface area (Å²) in [6.45, 7) is 2.36. The summed E-state index contributed by atoms with van der Waals surface area (Å²) < 4.78 is 13.5. The lowest BCUT2D eigenvalue weighted by molar-refractivity contribution is 0.638. The minimum absolute atomic E-state index is 0.431. The number of furan rings is 2. The highest BCUT2D eigenvalue weighted by Gasteiger charge is 2.43. The number of para-hydroxylation sites is 3. The first-order valence-electron chi connectivity index (χ1n) is 20.3. The monoisotopic (exact) mass is 755 g/mol. The third-order valence-corrected chi connectivity index (χ3v) is 12.6. The minimum atomic E-state index is -0.431. The van der Waals surface area contributed by atoms with Gasteiger partial charge < -0.3 is 13.7 Å². The van der Waals surface area contributed by atoms with E-state index >= 15 is 0 Å². The van der Waals surface area contributed by atoms with Crippen LogP contribution in [0.3, 0.4) is 0 Å². The fraction of sp³-hybridized carbons (Fsp3) is 0.0357. The molecule has 2 heterocycles. The van der Waals surface area contributed by atoms with Gasteiger partial charge in [0.2, 0.25) is 0 Å². The molecule has 1 aliphatic carbocycles. The molecule has 0 aliphatic heterocycles. The zero-order chi connectivity index (χ0) is 39.1. The highest BCUT2D eigenvalue weighted by atomic mass is 16.3. The zero-order valence-corrected chi connectivity index (χ0v) is 32.4. The summed E-state index contributed by atoms with van der Waals surface area (Å²) in [6, 6.07) is 73.8. The average Bonchev–Trinajstić information content (AvgIpc) is 3.96. The molecule has 278 valence electrons. The quantitative estimate of drug-likeness (QED) is 0.169. The van der Waals surface area contributed by atoms with Crippen molar-refractivity contribution in [3.8, 4) is 33.4 Å². The summed E-state index contributed by atoms with van der Waals surface area (Å²) in [5, 5.41) is 4.42. The van der Waals surface area contributed by atoms with Gasteiger partial charge in [-0.3, -0.25) is 0 Å². The Labute approximate surface area is 342 Å². The summed E-state index contributed by atoms with van der Waals surface area (Å²) in [6.07, 6.45) is 0. The molecule has 0 N–H and O–H groups in total. The fourth-order valence-electron chi connectivity index (χ4n) is 9.76. The van der Waals surface area contributed by atoms with Crippen LogP contribution in [0.5, 0.6) is 0 Å². The highest BCUT2D eigenvalue weighted by molar-refractivity contribution is 6.15. The molecule has 0 fully saturated rings. The maximum absolute atomic E-state index is 7.04. The van der Waals surface area contributed by atoms with Crippen molar-refractivity contribution in [3.05, 3.63) is 223 Å². The molecule has 0 saturated carbocycles.